The van der Waals surface area contributed by atoms with Gasteiger partial charge in [0.25, 0.3) is 5.91 Å². The van der Waals surface area contributed by atoms with Gasteiger partial charge in [-0.15, -0.1) is 0 Å². The van der Waals surface area contributed by atoms with Crippen molar-refractivity contribution in [3.05, 3.63) is 77.0 Å². The zero-order chi connectivity index (χ0) is 29.9. The van der Waals surface area contributed by atoms with Crippen molar-refractivity contribution in [1.82, 2.24) is 15.5 Å². The number of carbonyl (C=O) groups is 4. The van der Waals surface area contributed by atoms with E-state index in [4.69, 9.17) is 44.3 Å². The van der Waals surface area contributed by atoms with Crippen LogP contribution in [0.25, 0.3) is 0 Å². The molecule has 1 fully saturated rings. The maximum atomic E-state index is 13.3. The number of para-hydroxylation sites is 1. The molecule has 4 rings (SSSR count). The lowest BCUT2D eigenvalue weighted by atomic mass is 9.98. The van der Waals surface area contributed by atoms with E-state index in [1.807, 2.05) is 0 Å². The van der Waals surface area contributed by atoms with Gasteiger partial charge in [-0.1, -0.05) is 83.3 Å². The van der Waals surface area contributed by atoms with Gasteiger partial charge in [-0.25, -0.2) is 9.59 Å². The lowest BCUT2D eigenvalue weighted by Gasteiger charge is -2.49. The SMILES string of the molecule is COc1ccccc1CC1=C(C(=O)O)N2C(=O)[C@@H](NC(=O)[C@@H](NC(=O)OCC(Cl)(Cl)Cl)c3ccccc3)[C@@H]2[S+]([O-])C1. The number of nitrogens with zero attached hydrogens (tertiary/aromatic N) is 1. The Morgan fingerprint density at radius 3 is 2.44 bits per heavy atom. The first-order valence-corrected chi connectivity index (χ1v) is 14.6. The first-order chi connectivity index (χ1) is 19.4. The zero-order valence-electron chi connectivity index (χ0n) is 21.3. The molecule has 4 atom stereocenters. The summed E-state index contributed by atoms with van der Waals surface area (Å²) in [4.78, 5) is 52.1. The predicted molar refractivity (Wildman–Crippen MR) is 151 cm³/mol. The zero-order valence-corrected chi connectivity index (χ0v) is 24.4. The summed E-state index contributed by atoms with van der Waals surface area (Å²) < 4.78 is 21.6. The number of ether oxygens (including phenoxy) is 2. The van der Waals surface area contributed by atoms with Crippen LogP contribution in [0.5, 0.6) is 5.75 Å². The van der Waals surface area contributed by atoms with Crippen LogP contribution in [0.2, 0.25) is 0 Å². The third kappa shape index (κ3) is 7.02. The van der Waals surface area contributed by atoms with E-state index in [0.717, 1.165) is 4.90 Å². The molecule has 41 heavy (non-hydrogen) atoms. The molecule has 0 saturated carbocycles. The Kier molecular flexibility index (Phi) is 9.60. The van der Waals surface area contributed by atoms with E-state index in [0.29, 0.717) is 16.9 Å². The number of β-lactam (4-membered cyclic amide) rings is 1. The molecule has 2 aromatic carbocycles. The number of hydrogen-bond donors (Lipinski definition) is 3. The van der Waals surface area contributed by atoms with Crippen LogP contribution in [0.4, 0.5) is 4.79 Å². The number of halogens is 3. The van der Waals surface area contributed by atoms with E-state index in [1.54, 1.807) is 54.6 Å². The Bertz CT molecular complexity index is 1370. The van der Waals surface area contributed by atoms with Crippen LogP contribution in [0.1, 0.15) is 17.2 Å². The van der Waals surface area contributed by atoms with E-state index >= 15 is 0 Å². The van der Waals surface area contributed by atoms with Crippen molar-refractivity contribution < 1.29 is 38.3 Å². The number of alkyl halides is 3. The smallest absolute Gasteiger partial charge is 0.408 e. The molecule has 2 heterocycles. The Morgan fingerprint density at radius 2 is 1.80 bits per heavy atom. The maximum absolute atomic E-state index is 13.3. The number of alkyl carbamates (subject to hydrolysis) is 1. The van der Waals surface area contributed by atoms with Crippen LogP contribution in [0.3, 0.4) is 0 Å². The number of aliphatic carboxylic acids is 1. The van der Waals surface area contributed by atoms with E-state index in [1.165, 1.54) is 7.11 Å². The van der Waals surface area contributed by atoms with Crippen LogP contribution in [-0.2, 0) is 36.7 Å². The van der Waals surface area contributed by atoms with Gasteiger partial charge < -0.3 is 29.8 Å². The lowest BCUT2D eigenvalue weighted by molar-refractivity contribution is -0.151. The largest absolute Gasteiger partial charge is 0.614 e. The molecular weight excluding hydrogens is 621 g/mol. The number of nitrogens with one attached hydrogen (secondary N) is 2. The summed E-state index contributed by atoms with van der Waals surface area (Å²) in [5.74, 6) is -2.56. The predicted octanol–water partition coefficient (Wildman–Crippen LogP) is 2.83. The molecular formula is C26H24Cl3N3O8S. The standard InChI is InChI=1S/C26H24Cl3N3O8S/c1-39-17-10-6-5-9-15(17)11-16-12-41(38)23-19(22(34)32(23)20(16)24(35)36)30-21(33)18(14-7-3-2-4-8-14)31-25(37)40-13-26(27,28)29/h2-10,18-19,23H,11-13H2,1H3,(H,30,33)(H,31,37)(H,35,36)/t18-,19+,23-,41?/m0/s1. The molecule has 0 aromatic heterocycles. The fourth-order valence-corrected chi connectivity index (χ4v) is 6.41. The second-order valence-corrected chi connectivity index (χ2v) is 13.1. The number of fused-ring (bicyclic) bond motifs is 1. The Hall–Kier alpha value is -3.16. The van der Waals surface area contributed by atoms with Crippen LogP contribution < -0.4 is 15.4 Å². The molecule has 3 N–H and O–H groups in total. The minimum atomic E-state index is -1.88. The number of amides is 3. The quantitative estimate of drug-likeness (QED) is 0.214. The van der Waals surface area contributed by atoms with Crippen molar-refractivity contribution in [3.63, 3.8) is 0 Å². The molecule has 2 aliphatic rings. The van der Waals surface area contributed by atoms with Crippen LogP contribution in [0.15, 0.2) is 65.9 Å². The number of benzene rings is 2. The number of methoxy groups -OCH3 is 1. The minimum Gasteiger partial charge on any atom is -0.614 e. The second kappa shape index (κ2) is 12.8. The molecule has 0 bridgehead atoms. The summed E-state index contributed by atoms with van der Waals surface area (Å²) in [5, 5.41) is 13.7. The average Bonchev–Trinajstić information content (AvgIpc) is 2.93. The third-order valence-corrected chi connectivity index (χ3v) is 8.31. The molecule has 0 spiro atoms. The minimum absolute atomic E-state index is 0.0984. The molecule has 2 aromatic rings. The molecule has 11 nitrogen and oxygen atoms in total. The molecule has 218 valence electrons. The number of hydrogen-bond acceptors (Lipinski definition) is 7. The molecule has 3 amide bonds. The van der Waals surface area contributed by atoms with Gasteiger partial charge in [0.15, 0.2) is 6.04 Å². The highest BCUT2D eigenvalue weighted by molar-refractivity contribution is 7.92. The van der Waals surface area contributed by atoms with Crippen molar-refractivity contribution in [3.8, 4) is 5.75 Å². The van der Waals surface area contributed by atoms with Gasteiger partial charge in [0, 0.05) is 12.0 Å². The summed E-state index contributed by atoms with van der Waals surface area (Å²) in [7, 11) is 1.48. The summed E-state index contributed by atoms with van der Waals surface area (Å²) >= 11 is 15.1. The van der Waals surface area contributed by atoms with Crippen LogP contribution in [-0.4, -0.2) is 73.1 Å². The molecule has 1 unspecified atom stereocenters. The van der Waals surface area contributed by atoms with E-state index in [2.05, 4.69) is 10.6 Å². The molecule has 2 aliphatic heterocycles. The molecule has 15 heteroatoms. The Balaban J connectivity index is 1.55. The van der Waals surface area contributed by atoms with E-state index in [9.17, 15) is 28.8 Å². The summed E-state index contributed by atoms with van der Waals surface area (Å²) in [6.07, 6.45) is -0.971. The van der Waals surface area contributed by atoms with Gasteiger partial charge in [-0.05, 0) is 28.4 Å². The Morgan fingerprint density at radius 1 is 1.15 bits per heavy atom. The third-order valence-electron chi connectivity index (χ3n) is 6.33. The number of carboxylic acid groups (broad SMARTS) is 1. The first-order valence-electron chi connectivity index (χ1n) is 12.0. The van der Waals surface area contributed by atoms with E-state index in [-0.39, 0.29) is 23.4 Å². The van der Waals surface area contributed by atoms with Crippen molar-refractivity contribution in [2.45, 2.75) is 27.7 Å². The number of rotatable bonds is 9. The fourth-order valence-electron chi connectivity index (χ4n) is 4.56. The summed E-state index contributed by atoms with van der Waals surface area (Å²) in [5.41, 5.74) is 1.00. The normalized spacial score (nSPS) is 20.9. The second-order valence-electron chi connectivity index (χ2n) is 9.04. The van der Waals surface area contributed by atoms with E-state index < -0.39 is 62.9 Å². The van der Waals surface area contributed by atoms with Gasteiger partial charge in [-0.3, -0.25) is 14.5 Å². The summed E-state index contributed by atoms with van der Waals surface area (Å²) in [6, 6.07) is 12.4. The number of carboxylic acids is 1. The van der Waals surface area contributed by atoms with Gasteiger partial charge in [0.05, 0.1) is 7.11 Å². The van der Waals surface area contributed by atoms with Crippen molar-refractivity contribution in [2.75, 3.05) is 19.5 Å². The average molecular weight is 645 g/mol. The number of carbonyl (C=O) groups excluding carboxylic acids is 3. The summed E-state index contributed by atoms with van der Waals surface area (Å²) in [6.45, 7) is -0.592. The van der Waals surface area contributed by atoms with Gasteiger partial charge in [0.1, 0.15) is 29.8 Å². The monoisotopic (exact) mass is 643 g/mol. The van der Waals surface area contributed by atoms with Crippen molar-refractivity contribution in [1.29, 1.82) is 0 Å². The molecule has 1 saturated heterocycles. The topological polar surface area (TPSA) is 157 Å². The fraction of sp³-hybridized carbons (Fsp3) is 0.308. The van der Waals surface area contributed by atoms with Crippen LogP contribution >= 0.6 is 34.8 Å². The van der Waals surface area contributed by atoms with Gasteiger partial charge >= 0.3 is 12.1 Å². The van der Waals surface area contributed by atoms with Gasteiger partial charge in [-0.2, -0.15) is 0 Å². The van der Waals surface area contributed by atoms with Crippen LogP contribution in [0, 0.1) is 0 Å². The molecule has 0 radical (unpaired) electrons. The lowest BCUT2D eigenvalue weighted by Crippen LogP contribution is -2.75. The first kappa shape index (κ1) is 30.8. The van der Waals surface area contributed by atoms with Crippen molar-refractivity contribution in [2.24, 2.45) is 0 Å². The Labute approximate surface area is 252 Å². The highest BCUT2D eigenvalue weighted by atomic mass is 35.6. The highest BCUT2D eigenvalue weighted by Crippen LogP contribution is 2.38. The van der Waals surface area contributed by atoms with Gasteiger partial charge in [0.2, 0.25) is 15.1 Å². The highest BCUT2D eigenvalue weighted by Gasteiger charge is 2.61. The maximum Gasteiger partial charge on any atom is 0.408 e. The van der Waals surface area contributed by atoms with Crippen molar-refractivity contribution >= 4 is 69.9 Å². The molecule has 0 aliphatic carbocycles.